The lowest BCUT2D eigenvalue weighted by Gasteiger charge is -2.25. The summed E-state index contributed by atoms with van der Waals surface area (Å²) in [7, 11) is -2.41. The number of esters is 1. The number of hydrogen-bond acceptors (Lipinski definition) is 8. The summed E-state index contributed by atoms with van der Waals surface area (Å²) in [6, 6.07) is 15.0. The molecule has 1 saturated heterocycles. The van der Waals surface area contributed by atoms with Gasteiger partial charge in [0.2, 0.25) is 15.8 Å². The number of carbonyl (C=O) groups is 1. The quantitative estimate of drug-likeness (QED) is 0.272. The molecule has 0 bridgehead atoms. The molecule has 0 amide bonds. The van der Waals surface area contributed by atoms with E-state index in [1.165, 1.54) is 11.4 Å². The van der Waals surface area contributed by atoms with Gasteiger partial charge in [-0.2, -0.15) is 4.31 Å². The second kappa shape index (κ2) is 12.5. The summed E-state index contributed by atoms with van der Waals surface area (Å²) in [6.07, 6.45) is 1.52. The van der Waals surface area contributed by atoms with Gasteiger partial charge in [0.15, 0.2) is 0 Å². The Kier molecular flexibility index (Phi) is 9.10. The van der Waals surface area contributed by atoms with Crippen LogP contribution in [0.15, 0.2) is 53.4 Å². The van der Waals surface area contributed by atoms with Gasteiger partial charge < -0.3 is 18.9 Å². The summed E-state index contributed by atoms with van der Waals surface area (Å²) in [6.45, 7) is 9.52. The molecule has 0 radical (unpaired) electrons. The molecule has 2 atom stereocenters. The highest BCUT2D eigenvalue weighted by molar-refractivity contribution is 7.89. The van der Waals surface area contributed by atoms with Gasteiger partial charge in [0.1, 0.15) is 16.7 Å². The average molecular weight is 614 g/mol. The van der Waals surface area contributed by atoms with Gasteiger partial charge in [0.05, 0.1) is 38.2 Å². The molecule has 0 N–H and O–H groups in total. The molecule has 3 heterocycles. The zero-order valence-corrected chi connectivity index (χ0v) is 26.5. The molecule has 1 aromatic heterocycles. The molecule has 0 saturated carbocycles. The van der Waals surface area contributed by atoms with Crippen LogP contribution in [-0.2, 0) is 41.4 Å². The van der Waals surface area contributed by atoms with Crippen molar-refractivity contribution in [2.45, 2.75) is 76.2 Å². The molecule has 2 aliphatic rings. The standard InChI is InChI=1S/C32H39NO7S2/c1-6-9-25-20-33(42(35,36)29-11-8-7-10-27(29)40-25)19-24-17-23(13-12-21(24)2)26(18-30(34)37-5)28-16-22(3)31(41-28)32(4)38-14-15-39-32/h7-8,10-13,16-17,25-26H,6,9,14-15,18-20H2,1-5H3/t25-,26?/m1/s1. The maximum Gasteiger partial charge on any atom is 0.306 e. The number of benzene rings is 2. The number of fused-ring (bicyclic) bond motifs is 1. The molecular formula is C32H39NO7S2. The largest absolute Gasteiger partial charge is 0.488 e. The first-order valence-corrected chi connectivity index (χ1v) is 16.6. The van der Waals surface area contributed by atoms with Crippen LogP contribution >= 0.6 is 11.3 Å². The minimum absolute atomic E-state index is 0.151. The van der Waals surface area contributed by atoms with Crippen molar-refractivity contribution in [3.05, 3.63) is 80.5 Å². The molecule has 226 valence electrons. The predicted octanol–water partition coefficient (Wildman–Crippen LogP) is 6.03. The number of thiophene rings is 1. The Balaban J connectivity index is 1.52. The van der Waals surface area contributed by atoms with E-state index in [2.05, 4.69) is 13.0 Å². The Morgan fingerprint density at radius 2 is 1.86 bits per heavy atom. The van der Waals surface area contributed by atoms with Crippen LogP contribution in [0.5, 0.6) is 5.75 Å². The van der Waals surface area contributed by atoms with Crippen LogP contribution < -0.4 is 4.74 Å². The van der Waals surface area contributed by atoms with E-state index in [1.807, 2.05) is 39.0 Å². The van der Waals surface area contributed by atoms with Crippen LogP contribution in [0.4, 0.5) is 0 Å². The van der Waals surface area contributed by atoms with E-state index in [0.29, 0.717) is 19.0 Å². The summed E-state index contributed by atoms with van der Waals surface area (Å²) >= 11 is 1.58. The zero-order chi connectivity index (χ0) is 30.1. The average Bonchev–Trinajstić information content (AvgIpc) is 3.56. The lowest BCUT2D eigenvalue weighted by molar-refractivity contribution is -0.147. The van der Waals surface area contributed by atoms with Gasteiger partial charge in [-0.15, -0.1) is 11.3 Å². The van der Waals surface area contributed by atoms with Gasteiger partial charge in [0.25, 0.3) is 0 Å². The summed E-state index contributed by atoms with van der Waals surface area (Å²) < 4.78 is 52.4. The third-order valence-corrected chi connectivity index (χ3v) is 11.4. The molecule has 42 heavy (non-hydrogen) atoms. The lowest BCUT2D eigenvalue weighted by atomic mass is 9.91. The van der Waals surface area contributed by atoms with Crippen LogP contribution in [0.3, 0.4) is 0 Å². The molecular weight excluding hydrogens is 574 g/mol. The highest BCUT2D eigenvalue weighted by Gasteiger charge is 2.38. The van der Waals surface area contributed by atoms with E-state index < -0.39 is 15.8 Å². The van der Waals surface area contributed by atoms with Gasteiger partial charge in [-0.3, -0.25) is 4.79 Å². The minimum atomic E-state index is -3.80. The number of nitrogens with zero attached hydrogens (tertiary/aromatic N) is 1. The first kappa shape index (κ1) is 30.7. The first-order chi connectivity index (χ1) is 20.1. The Morgan fingerprint density at radius 3 is 2.57 bits per heavy atom. The molecule has 0 spiro atoms. The lowest BCUT2D eigenvalue weighted by Crippen LogP contribution is -2.36. The summed E-state index contributed by atoms with van der Waals surface area (Å²) in [5.74, 6) is -1.01. The molecule has 3 aromatic rings. The molecule has 1 fully saturated rings. The highest BCUT2D eigenvalue weighted by Crippen LogP contribution is 2.43. The van der Waals surface area contributed by atoms with Crippen LogP contribution in [0, 0.1) is 13.8 Å². The van der Waals surface area contributed by atoms with E-state index >= 15 is 0 Å². The van der Waals surface area contributed by atoms with Gasteiger partial charge in [0, 0.05) is 17.3 Å². The van der Waals surface area contributed by atoms with Crippen molar-refractivity contribution in [3.8, 4) is 5.75 Å². The van der Waals surface area contributed by atoms with E-state index in [4.69, 9.17) is 18.9 Å². The Hall–Kier alpha value is -2.76. The second-order valence-electron chi connectivity index (χ2n) is 11.1. The number of aryl methyl sites for hydroxylation is 2. The molecule has 1 unspecified atom stereocenters. The monoisotopic (exact) mass is 613 g/mol. The first-order valence-electron chi connectivity index (χ1n) is 14.4. The number of ether oxygens (including phenoxy) is 4. The number of methoxy groups -OCH3 is 1. The van der Waals surface area contributed by atoms with Crippen molar-refractivity contribution >= 4 is 27.3 Å². The van der Waals surface area contributed by atoms with Crippen molar-refractivity contribution in [1.29, 1.82) is 0 Å². The van der Waals surface area contributed by atoms with E-state index in [1.54, 1.807) is 35.6 Å². The van der Waals surface area contributed by atoms with Gasteiger partial charge in [-0.05, 0) is 67.6 Å². The molecule has 10 heteroatoms. The van der Waals surface area contributed by atoms with Gasteiger partial charge in [-0.25, -0.2) is 8.42 Å². The fraction of sp³-hybridized carbons (Fsp3) is 0.469. The summed E-state index contributed by atoms with van der Waals surface area (Å²) in [4.78, 5) is 14.8. The van der Waals surface area contributed by atoms with Crippen LogP contribution in [0.25, 0.3) is 0 Å². The predicted molar refractivity (Wildman–Crippen MR) is 161 cm³/mol. The Labute approximate surface area is 252 Å². The number of rotatable bonds is 9. The van der Waals surface area contributed by atoms with Crippen molar-refractivity contribution in [2.24, 2.45) is 0 Å². The number of para-hydroxylation sites is 1. The molecule has 8 nitrogen and oxygen atoms in total. The Morgan fingerprint density at radius 1 is 1.12 bits per heavy atom. The summed E-state index contributed by atoms with van der Waals surface area (Å²) in [5.41, 5.74) is 3.81. The topological polar surface area (TPSA) is 91.4 Å². The maximum atomic E-state index is 13.9. The van der Waals surface area contributed by atoms with Crippen LogP contribution in [0.1, 0.15) is 71.0 Å². The molecule has 0 aliphatic carbocycles. The Bertz CT molecular complexity index is 1540. The molecule has 5 rings (SSSR count). The molecule has 2 aromatic carbocycles. The van der Waals surface area contributed by atoms with Crippen molar-refractivity contribution in [2.75, 3.05) is 26.9 Å². The fourth-order valence-electron chi connectivity index (χ4n) is 5.74. The minimum Gasteiger partial charge on any atom is -0.488 e. The van der Waals surface area contributed by atoms with Gasteiger partial charge in [-0.1, -0.05) is 43.7 Å². The fourth-order valence-corrected chi connectivity index (χ4v) is 8.67. The van der Waals surface area contributed by atoms with Crippen LogP contribution in [0.2, 0.25) is 0 Å². The zero-order valence-electron chi connectivity index (χ0n) is 24.8. The van der Waals surface area contributed by atoms with E-state index in [9.17, 15) is 13.2 Å². The van der Waals surface area contributed by atoms with Crippen molar-refractivity contribution in [1.82, 2.24) is 4.31 Å². The van der Waals surface area contributed by atoms with E-state index in [-0.39, 0.29) is 42.4 Å². The van der Waals surface area contributed by atoms with Crippen molar-refractivity contribution < 1.29 is 32.2 Å². The number of carbonyl (C=O) groups excluding carboxylic acids is 1. The van der Waals surface area contributed by atoms with Crippen molar-refractivity contribution in [3.63, 3.8) is 0 Å². The normalized spacial score (nSPS) is 20.4. The number of hydrogen-bond donors (Lipinski definition) is 0. The third-order valence-electron chi connectivity index (χ3n) is 8.03. The highest BCUT2D eigenvalue weighted by atomic mass is 32.2. The second-order valence-corrected chi connectivity index (χ2v) is 14.1. The van der Waals surface area contributed by atoms with Crippen LogP contribution in [-0.4, -0.2) is 51.7 Å². The SMILES string of the molecule is CCC[C@@H]1CN(Cc2cc(C(CC(=O)OC)c3cc(C)c(C4(C)OCCO4)s3)ccc2C)S(=O)(=O)c2ccccc2O1. The van der Waals surface area contributed by atoms with Gasteiger partial charge >= 0.3 is 5.97 Å². The smallest absolute Gasteiger partial charge is 0.306 e. The number of sulfonamides is 1. The summed E-state index contributed by atoms with van der Waals surface area (Å²) in [5, 5.41) is 0. The molecule has 2 aliphatic heterocycles. The third kappa shape index (κ3) is 6.14. The maximum absolute atomic E-state index is 13.9. The van der Waals surface area contributed by atoms with E-state index in [0.717, 1.165) is 44.8 Å².